The molecule has 1 unspecified atom stereocenters. The van der Waals surface area contributed by atoms with Crippen LogP contribution >= 0.6 is 11.6 Å². The molecule has 2 aliphatic rings. The van der Waals surface area contributed by atoms with E-state index >= 15 is 0 Å². The van der Waals surface area contributed by atoms with Crippen molar-refractivity contribution in [1.29, 1.82) is 0 Å². The maximum Gasteiger partial charge on any atom is 0.257 e. The molecule has 7 nitrogen and oxygen atoms in total. The summed E-state index contributed by atoms with van der Waals surface area (Å²) >= 11 is 5.92. The third kappa shape index (κ3) is 3.15. The van der Waals surface area contributed by atoms with Gasteiger partial charge in [0, 0.05) is 30.7 Å². The molecular weight excluding hydrogens is 450 g/mol. The molecule has 0 radical (unpaired) electrons. The highest BCUT2D eigenvalue weighted by Crippen LogP contribution is 2.44. The van der Waals surface area contributed by atoms with Gasteiger partial charge in [0.15, 0.2) is 0 Å². The number of carbonyl (C=O) groups is 2. The highest BCUT2D eigenvalue weighted by molar-refractivity contribution is 6.30. The predicted octanol–water partition coefficient (Wildman–Crippen LogP) is 4.48. The van der Waals surface area contributed by atoms with Crippen molar-refractivity contribution in [3.8, 4) is 0 Å². The number of halogens is 1. The van der Waals surface area contributed by atoms with Crippen LogP contribution in [0.5, 0.6) is 0 Å². The second kappa shape index (κ2) is 7.88. The minimum atomic E-state index is -0.292. The quantitative estimate of drug-likeness (QED) is 0.478. The summed E-state index contributed by atoms with van der Waals surface area (Å²) in [5, 5.41) is 4.49. The van der Waals surface area contributed by atoms with Gasteiger partial charge in [-0.05, 0) is 42.3 Å². The number of pyridine rings is 1. The van der Waals surface area contributed by atoms with E-state index < -0.39 is 0 Å². The third-order valence-electron chi connectivity index (χ3n) is 6.70. The summed E-state index contributed by atoms with van der Waals surface area (Å²) in [6.07, 6.45) is 1.95. The molecule has 8 heteroatoms. The van der Waals surface area contributed by atoms with Crippen LogP contribution in [0.25, 0.3) is 10.9 Å². The van der Waals surface area contributed by atoms with Gasteiger partial charge in [0.1, 0.15) is 18.5 Å². The molecule has 0 saturated heterocycles. The summed E-state index contributed by atoms with van der Waals surface area (Å²) in [5.74, 6) is 0.275. The van der Waals surface area contributed by atoms with Crippen LogP contribution in [-0.4, -0.2) is 39.9 Å². The summed E-state index contributed by atoms with van der Waals surface area (Å²) in [4.78, 5) is 34.7. The monoisotopic (exact) mass is 471 g/mol. The van der Waals surface area contributed by atoms with Crippen molar-refractivity contribution in [3.05, 3.63) is 88.7 Å². The SMILES string of the molecule is CN1c2ccccc2C(=O)N2CCc3c(n(CC(=O)Nc4ccc(Cl)cn4)c4ccccc34)C21. The number of hydrogen-bond donors (Lipinski definition) is 1. The van der Waals surface area contributed by atoms with Gasteiger partial charge in [-0.1, -0.05) is 41.9 Å². The van der Waals surface area contributed by atoms with E-state index in [1.165, 1.54) is 11.8 Å². The zero-order chi connectivity index (χ0) is 23.4. The fourth-order valence-corrected chi connectivity index (χ4v) is 5.37. The molecule has 1 N–H and O–H groups in total. The summed E-state index contributed by atoms with van der Waals surface area (Å²) in [6.45, 7) is 0.734. The largest absolute Gasteiger partial charge is 0.349 e. The predicted molar refractivity (Wildman–Crippen MR) is 132 cm³/mol. The van der Waals surface area contributed by atoms with Crippen molar-refractivity contribution in [2.75, 3.05) is 23.8 Å². The Labute approximate surface area is 201 Å². The van der Waals surface area contributed by atoms with Crippen molar-refractivity contribution in [3.63, 3.8) is 0 Å². The Kier molecular flexibility index (Phi) is 4.81. The number of nitrogens with one attached hydrogen (secondary N) is 1. The molecule has 0 bridgehead atoms. The number of rotatable bonds is 3. The number of carbonyl (C=O) groups excluding carboxylic acids is 2. The highest BCUT2D eigenvalue weighted by Gasteiger charge is 2.42. The normalized spacial score (nSPS) is 16.8. The van der Waals surface area contributed by atoms with Crippen LogP contribution in [0.15, 0.2) is 66.9 Å². The van der Waals surface area contributed by atoms with E-state index in [9.17, 15) is 9.59 Å². The molecule has 2 amide bonds. The molecule has 0 fully saturated rings. The molecule has 2 aromatic heterocycles. The number of para-hydroxylation sites is 2. The fraction of sp³-hybridized carbons (Fsp3) is 0.192. The lowest BCUT2D eigenvalue weighted by molar-refractivity contribution is -0.116. The van der Waals surface area contributed by atoms with E-state index in [2.05, 4.69) is 21.3 Å². The van der Waals surface area contributed by atoms with Gasteiger partial charge in [0.05, 0.1) is 22.0 Å². The summed E-state index contributed by atoms with van der Waals surface area (Å²) in [7, 11) is 2.01. The van der Waals surface area contributed by atoms with Gasteiger partial charge >= 0.3 is 0 Å². The molecule has 170 valence electrons. The third-order valence-corrected chi connectivity index (χ3v) is 6.92. The van der Waals surface area contributed by atoms with E-state index in [1.807, 2.05) is 59.0 Å². The zero-order valence-electron chi connectivity index (χ0n) is 18.5. The van der Waals surface area contributed by atoms with Gasteiger partial charge in [-0.25, -0.2) is 4.98 Å². The van der Waals surface area contributed by atoms with E-state index in [4.69, 9.17) is 11.6 Å². The number of aromatic nitrogens is 2. The number of amides is 2. The van der Waals surface area contributed by atoms with Gasteiger partial charge in [-0.3, -0.25) is 9.59 Å². The lowest BCUT2D eigenvalue weighted by atomic mass is 9.96. The number of anilines is 2. The fourth-order valence-electron chi connectivity index (χ4n) is 5.25. The van der Waals surface area contributed by atoms with Gasteiger partial charge < -0.3 is 19.7 Å². The van der Waals surface area contributed by atoms with Crippen LogP contribution in [0.1, 0.15) is 27.8 Å². The molecule has 2 aromatic carbocycles. The number of nitrogens with zero attached hydrogens (tertiary/aromatic N) is 4. The highest BCUT2D eigenvalue weighted by atomic mass is 35.5. The maximum atomic E-state index is 13.4. The summed E-state index contributed by atoms with van der Waals surface area (Å²) in [6, 6.07) is 19.2. The van der Waals surface area contributed by atoms with Crippen molar-refractivity contribution in [1.82, 2.24) is 14.5 Å². The first kappa shape index (κ1) is 20.7. The number of fused-ring (bicyclic) bond motifs is 6. The summed E-state index contributed by atoms with van der Waals surface area (Å²) < 4.78 is 2.05. The second-order valence-corrected chi connectivity index (χ2v) is 9.06. The van der Waals surface area contributed by atoms with Crippen molar-refractivity contribution >= 4 is 45.8 Å². The van der Waals surface area contributed by atoms with E-state index in [1.54, 1.807) is 12.1 Å². The molecule has 0 spiro atoms. The van der Waals surface area contributed by atoms with E-state index in [0.717, 1.165) is 28.7 Å². The topological polar surface area (TPSA) is 70.5 Å². The lowest BCUT2D eigenvalue weighted by Crippen LogP contribution is -2.51. The smallest absolute Gasteiger partial charge is 0.257 e. The van der Waals surface area contributed by atoms with Crippen LogP contribution in [0.4, 0.5) is 11.5 Å². The zero-order valence-corrected chi connectivity index (χ0v) is 19.3. The number of hydrogen-bond acceptors (Lipinski definition) is 4. The standard InChI is InChI=1S/C26H22ClN5O2/c1-30-20-8-4-3-7-19(20)26(34)31-13-12-18-17-6-2-5-9-21(17)32(24(18)25(30)31)15-23(33)29-22-11-10-16(27)14-28-22/h2-11,14,25H,12-13,15H2,1H3,(H,28,29,33). The van der Waals surface area contributed by atoms with Crippen LogP contribution in [0.2, 0.25) is 5.02 Å². The van der Waals surface area contributed by atoms with Gasteiger partial charge in [0.2, 0.25) is 5.91 Å². The molecule has 34 heavy (non-hydrogen) atoms. The van der Waals surface area contributed by atoms with Crippen LogP contribution in [-0.2, 0) is 17.8 Å². The van der Waals surface area contributed by atoms with Gasteiger partial charge in [0.25, 0.3) is 5.91 Å². The first-order valence-corrected chi connectivity index (χ1v) is 11.5. The minimum absolute atomic E-state index is 0.0240. The van der Waals surface area contributed by atoms with Crippen molar-refractivity contribution in [2.45, 2.75) is 19.1 Å². The first-order valence-electron chi connectivity index (χ1n) is 11.2. The molecule has 0 saturated carbocycles. The Morgan fingerprint density at radius 3 is 2.74 bits per heavy atom. The van der Waals surface area contributed by atoms with Crippen molar-refractivity contribution in [2.24, 2.45) is 0 Å². The molecule has 6 rings (SSSR count). The first-order chi connectivity index (χ1) is 16.5. The molecule has 2 aliphatic heterocycles. The minimum Gasteiger partial charge on any atom is -0.349 e. The lowest BCUT2D eigenvalue weighted by Gasteiger charge is -2.46. The molecule has 0 aliphatic carbocycles. The molecule has 4 heterocycles. The molecular formula is C26H22ClN5O2. The van der Waals surface area contributed by atoms with Gasteiger partial charge in [-0.15, -0.1) is 0 Å². The summed E-state index contributed by atoms with van der Waals surface area (Å²) in [5.41, 5.74) is 4.76. The Hall–Kier alpha value is -3.84. The average molecular weight is 472 g/mol. The maximum absolute atomic E-state index is 13.4. The van der Waals surface area contributed by atoms with Gasteiger partial charge in [-0.2, -0.15) is 0 Å². The second-order valence-electron chi connectivity index (χ2n) is 8.63. The van der Waals surface area contributed by atoms with Crippen LogP contribution in [0, 0.1) is 0 Å². The number of benzene rings is 2. The van der Waals surface area contributed by atoms with Crippen LogP contribution < -0.4 is 10.2 Å². The Morgan fingerprint density at radius 1 is 1.12 bits per heavy atom. The van der Waals surface area contributed by atoms with E-state index in [-0.39, 0.29) is 24.5 Å². The molecule has 4 aromatic rings. The Bertz CT molecular complexity index is 1450. The van der Waals surface area contributed by atoms with E-state index in [0.29, 0.717) is 22.9 Å². The molecule has 1 atom stereocenters. The Balaban J connectivity index is 1.45. The van der Waals surface area contributed by atoms with Crippen LogP contribution in [0.3, 0.4) is 0 Å². The Morgan fingerprint density at radius 2 is 1.91 bits per heavy atom. The van der Waals surface area contributed by atoms with Crippen molar-refractivity contribution < 1.29 is 9.59 Å². The average Bonchev–Trinajstić information content (AvgIpc) is 3.17.